The second-order valence-electron chi connectivity index (χ2n) is 5.62. The average Bonchev–Trinajstić information content (AvgIpc) is 2.72. The second kappa shape index (κ2) is 2.47. The summed E-state index contributed by atoms with van der Waals surface area (Å²) in [4.78, 5) is 0. The third kappa shape index (κ3) is 1.28. The summed E-state index contributed by atoms with van der Waals surface area (Å²) in [6.07, 6.45) is 6.62. The van der Waals surface area contributed by atoms with Crippen molar-refractivity contribution < 1.29 is 5.11 Å². The van der Waals surface area contributed by atoms with Gasteiger partial charge in [-0.05, 0) is 48.9 Å². The lowest BCUT2D eigenvalue weighted by Gasteiger charge is -2.22. The first kappa shape index (κ1) is 8.55. The number of aliphatic hydroxyl groups is 1. The summed E-state index contributed by atoms with van der Waals surface area (Å²) in [5.74, 6) is 0.831. The molecular weight excluding hydrogens is 148 g/mol. The number of aliphatic hydroxyl groups excluding tert-OH is 1. The highest BCUT2D eigenvalue weighted by Crippen LogP contribution is 2.59. The molecule has 0 aromatic heterocycles. The van der Waals surface area contributed by atoms with Crippen LogP contribution in [0.1, 0.15) is 46.0 Å². The zero-order chi connectivity index (χ0) is 8.82. The number of rotatable bonds is 2. The van der Waals surface area contributed by atoms with Crippen molar-refractivity contribution in [2.24, 2.45) is 16.7 Å². The van der Waals surface area contributed by atoms with Crippen LogP contribution in [-0.2, 0) is 0 Å². The van der Waals surface area contributed by atoms with Gasteiger partial charge in [0.25, 0.3) is 0 Å². The first-order valence-corrected chi connectivity index (χ1v) is 5.19. The van der Waals surface area contributed by atoms with Gasteiger partial charge in [-0.2, -0.15) is 0 Å². The van der Waals surface area contributed by atoms with Crippen LogP contribution in [0.3, 0.4) is 0 Å². The molecule has 1 nitrogen and oxygen atoms in total. The first-order chi connectivity index (χ1) is 5.58. The molecule has 1 heteroatoms. The first-order valence-electron chi connectivity index (χ1n) is 5.19. The van der Waals surface area contributed by atoms with E-state index in [0.29, 0.717) is 17.4 Å². The Hall–Kier alpha value is -0.0400. The molecule has 2 aliphatic rings. The molecule has 0 amide bonds. The molecule has 12 heavy (non-hydrogen) atoms. The Balaban J connectivity index is 2.00. The SMILES string of the molecule is CC1(C)CCC(C2(CO)CC2)C1. The fourth-order valence-corrected chi connectivity index (χ4v) is 2.81. The predicted molar refractivity (Wildman–Crippen MR) is 49.9 cm³/mol. The van der Waals surface area contributed by atoms with Gasteiger partial charge in [-0.15, -0.1) is 0 Å². The second-order valence-corrected chi connectivity index (χ2v) is 5.62. The number of hydrogen-bond donors (Lipinski definition) is 1. The van der Waals surface area contributed by atoms with E-state index in [1.54, 1.807) is 0 Å². The van der Waals surface area contributed by atoms with Crippen LogP contribution >= 0.6 is 0 Å². The van der Waals surface area contributed by atoms with Gasteiger partial charge >= 0.3 is 0 Å². The molecule has 0 aromatic rings. The molecule has 2 rings (SSSR count). The highest BCUT2D eigenvalue weighted by Gasteiger charge is 2.51. The summed E-state index contributed by atoms with van der Waals surface area (Å²) in [6, 6.07) is 0. The zero-order valence-corrected chi connectivity index (χ0v) is 8.27. The van der Waals surface area contributed by atoms with E-state index < -0.39 is 0 Å². The minimum absolute atomic E-state index is 0.383. The maximum Gasteiger partial charge on any atom is 0.0490 e. The maximum atomic E-state index is 9.29. The third-order valence-corrected chi connectivity index (χ3v) is 4.04. The minimum Gasteiger partial charge on any atom is -0.396 e. The lowest BCUT2D eigenvalue weighted by Crippen LogP contribution is -2.18. The van der Waals surface area contributed by atoms with Crippen molar-refractivity contribution in [2.75, 3.05) is 6.61 Å². The van der Waals surface area contributed by atoms with Gasteiger partial charge in [0, 0.05) is 6.61 Å². The molecule has 1 N–H and O–H groups in total. The fraction of sp³-hybridized carbons (Fsp3) is 1.00. The summed E-state index contributed by atoms with van der Waals surface area (Å²) < 4.78 is 0. The highest BCUT2D eigenvalue weighted by atomic mass is 16.3. The topological polar surface area (TPSA) is 20.2 Å². The third-order valence-electron chi connectivity index (χ3n) is 4.04. The van der Waals surface area contributed by atoms with Crippen molar-refractivity contribution in [3.8, 4) is 0 Å². The van der Waals surface area contributed by atoms with Crippen LogP contribution in [0, 0.1) is 16.7 Å². The minimum atomic E-state index is 0.383. The van der Waals surface area contributed by atoms with Gasteiger partial charge in [0.05, 0.1) is 0 Å². The molecule has 1 atom stereocenters. The van der Waals surface area contributed by atoms with Gasteiger partial charge in [0.2, 0.25) is 0 Å². The van der Waals surface area contributed by atoms with E-state index in [1.165, 1.54) is 32.1 Å². The average molecular weight is 168 g/mol. The summed E-state index contributed by atoms with van der Waals surface area (Å²) >= 11 is 0. The molecule has 0 aromatic carbocycles. The van der Waals surface area contributed by atoms with Gasteiger partial charge in [-0.1, -0.05) is 13.8 Å². The summed E-state index contributed by atoms with van der Waals surface area (Å²) in [5, 5.41) is 9.29. The monoisotopic (exact) mass is 168 g/mol. The Bertz CT molecular complexity index is 179. The van der Waals surface area contributed by atoms with Crippen molar-refractivity contribution in [1.29, 1.82) is 0 Å². The summed E-state index contributed by atoms with van der Waals surface area (Å²) in [7, 11) is 0. The zero-order valence-electron chi connectivity index (χ0n) is 8.27. The van der Waals surface area contributed by atoms with Crippen LogP contribution in [0.15, 0.2) is 0 Å². The van der Waals surface area contributed by atoms with Crippen LogP contribution in [0.4, 0.5) is 0 Å². The lowest BCUT2D eigenvalue weighted by molar-refractivity contribution is 0.150. The van der Waals surface area contributed by atoms with E-state index >= 15 is 0 Å². The van der Waals surface area contributed by atoms with Crippen LogP contribution in [0.25, 0.3) is 0 Å². The molecule has 2 saturated carbocycles. The smallest absolute Gasteiger partial charge is 0.0490 e. The van der Waals surface area contributed by atoms with Crippen molar-refractivity contribution in [3.05, 3.63) is 0 Å². The molecule has 0 heterocycles. The molecule has 70 valence electrons. The van der Waals surface area contributed by atoms with Gasteiger partial charge in [-0.3, -0.25) is 0 Å². The summed E-state index contributed by atoms with van der Waals surface area (Å²) in [6.45, 7) is 5.16. The molecule has 2 aliphatic carbocycles. The van der Waals surface area contributed by atoms with E-state index in [4.69, 9.17) is 0 Å². The van der Waals surface area contributed by atoms with Gasteiger partial charge in [0.15, 0.2) is 0 Å². The Morgan fingerprint density at radius 3 is 2.25 bits per heavy atom. The molecule has 0 aliphatic heterocycles. The molecule has 0 spiro atoms. The largest absolute Gasteiger partial charge is 0.396 e. The van der Waals surface area contributed by atoms with E-state index in [9.17, 15) is 5.11 Å². The maximum absolute atomic E-state index is 9.29. The van der Waals surface area contributed by atoms with Crippen LogP contribution in [0.2, 0.25) is 0 Å². The van der Waals surface area contributed by atoms with Gasteiger partial charge in [0.1, 0.15) is 0 Å². The standard InChI is InChI=1S/C11H20O/c1-10(2)4-3-9(7-10)11(8-12)5-6-11/h9,12H,3-8H2,1-2H3. The molecule has 0 radical (unpaired) electrons. The van der Waals surface area contributed by atoms with Crippen LogP contribution in [-0.4, -0.2) is 11.7 Å². The Morgan fingerprint density at radius 1 is 1.25 bits per heavy atom. The van der Waals surface area contributed by atoms with Crippen molar-refractivity contribution in [2.45, 2.75) is 46.0 Å². The lowest BCUT2D eigenvalue weighted by atomic mass is 9.84. The summed E-state index contributed by atoms with van der Waals surface area (Å²) in [5.41, 5.74) is 0.934. The van der Waals surface area contributed by atoms with Crippen LogP contribution in [0.5, 0.6) is 0 Å². The molecule has 1 unspecified atom stereocenters. The Kier molecular flexibility index (Phi) is 1.76. The van der Waals surface area contributed by atoms with E-state index in [-0.39, 0.29) is 0 Å². The Labute approximate surface area is 75.2 Å². The van der Waals surface area contributed by atoms with E-state index in [1.807, 2.05) is 0 Å². The van der Waals surface area contributed by atoms with Crippen LogP contribution < -0.4 is 0 Å². The van der Waals surface area contributed by atoms with E-state index in [2.05, 4.69) is 13.8 Å². The molecule has 0 saturated heterocycles. The quantitative estimate of drug-likeness (QED) is 0.672. The van der Waals surface area contributed by atoms with Gasteiger partial charge < -0.3 is 5.11 Å². The molecule has 0 bridgehead atoms. The van der Waals surface area contributed by atoms with Crippen molar-refractivity contribution in [3.63, 3.8) is 0 Å². The molecule has 2 fully saturated rings. The Morgan fingerprint density at radius 2 is 1.92 bits per heavy atom. The normalized spacial score (nSPS) is 36.8. The molecular formula is C11H20O. The van der Waals surface area contributed by atoms with Gasteiger partial charge in [-0.25, -0.2) is 0 Å². The van der Waals surface area contributed by atoms with Crippen molar-refractivity contribution in [1.82, 2.24) is 0 Å². The highest BCUT2D eigenvalue weighted by molar-refractivity contribution is 5.02. The van der Waals surface area contributed by atoms with E-state index in [0.717, 1.165) is 5.92 Å². The predicted octanol–water partition coefficient (Wildman–Crippen LogP) is 2.59. The van der Waals surface area contributed by atoms with Crippen molar-refractivity contribution >= 4 is 0 Å². The number of hydrogen-bond acceptors (Lipinski definition) is 1. The fourth-order valence-electron chi connectivity index (χ4n) is 2.81.